The summed E-state index contributed by atoms with van der Waals surface area (Å²) in [6, 6.07) is 6.95. The van der Waals surface area contributed by atoms with Crippen LogP contribution in [0.15, 0.2) is 30.9 Å². The van der Waals surface area contributed by atoms with Crippen LogP contribution in [-0.4, -0.2) is 32.0 Å². The summed E-state index contributed by atoms with van der Waals surface area (Å²) in [6.07, 6.45) is 7.14. The van der Waals surface area contributed by atoms with Crippen molar-refractivity contribution in [1.29, 1.82) is 0 Å². The van der Waals surface area contributed by atoms with Gasteiger partial charge in [-0.15, -0.1) is 0 Å². The fourth-order valence-corrected chi connectivity index (χ4v) is 2.96. The van der Waals surface area contributed by atoms with Crippen LogP contribution in [0.2, 0.25) is 0 Å². The summed E-state index contributed by atoms with van der Waals surface area (Å²) in [6.45, 7) is 2.97. The molecule has 21 heavy (non-hydrogen) atoms. The van der Waals surface area contributed by atoms with E-state index in [4.69, 9.17) is 0 Å². The second-order valence-electron chi connectivity index (χ2n) is 5.85. The summed E-state index contributed by atoms with van der Waals surface area (Å²) in [5.41, 5.74) is 3.54. The van der Waals surface area contributed by atoms with E-state index in [0.29, 0.717) is 6.04 Å². The summed E-state index contributed by atoms with van der Waals surface area (Å²) in [7, 11) is 0. The minimum atomic E-state index is -0.0905. The van der Waals surface area contributed by atoms with Crippen molar-refractivity contribution < 1.29 is 5.11 Å². The Hall–Kier alpha value is -1.72. The molecular formula is C16H22N4O. The highest BCUT2D eigenvalue weighted by atomic mass is 16.3. The lowest BCUT2D eigenvalue weighted by molar-refractivity contribution is 0.116. The number of hydrogen-bond donors (Lipinski definition) is 2. The smallest absolute Gasteiger partial charge is 0.138 e. The van der Waals surface area contributed by atoms with Gasteiger partial charge in [-0.05, 0) is 49.8 Å². The Labute approximate surface area is 125 Å². The van der Waals surface area contributed by atoms with Crippen molar-refractivity contribution >= 4 is 0 Å². The van der Waals surface area contributed by atoms with Crippen molar-refractivity contribution in [3.8, 4) is 5.69 Å². The molecule has 0 spiro atoms. The van der Waals surface area contributed by atoms with Crippen LogP contribution in [0.25, 0.3) is 5.69 Å². The van der Waals surface area contributed by atoms with Crippen LogP contribution in [-0.2, 0) is 6.54 Å². The van der Waals surface area contributed by atoms with E-state index in [-0.39, 0.29) is 6.10 Å². The van der Waals surface area contributed by atoms with Gasteiger partial charge >= 0.3 is 0 Å². The first-order valence-electron chi connectivity index (χ1n) is 7.58. The third-order valence-corrected chi connectivity index (χ3v) is 4.22. The highest BCUT2D eigenvalue weighted by Crippen LogP contribution is 2.19. The molecule has 112 valence electrons. The second kappa shape index (κ2) is 6.37. The Balaban J connectivity index is 1.60. The van der Waals surface area contributed by atoms with Gasteiger partial charge in [0.2, 0.25) is 0 Å². The molecule has 1 aliphatic carbocycles. The van der Waals surface area contributed by atoms with Gasteiger partial charge in [-0.25, -0.2) is 9.67 Å². The molecule has 3 rings (SSSR count). The number of nitrogens with one attached hydrogen (secondary N) is 1. The molecule has 0 amide bonds. The van der Waals surface area contributed by atoms with Gasteiger partial charge in [0.05, 0.1) is 11.8 Å². The first-order valence-corrected chi connectivity index (χ1v) is 7.58. The predicted octanol–water partition coefficient (Wildman–Crippen LogP) is 1.97. The molecule has 1 aromatic heterocycles. The molecule has 0 saturated heterocycles. The normalized spacial score (nSPS) is 22.4. The molecule has 2 aromatic rings. The lowest BCUT2D eigenvalue weighted by Gasteiger charge is -2.26. The molecule has 0 bridgehead atoms. The van der Waals surface area contributed by atoms with E-state index in [9.17, 15) is 5.11 Å². The van der Waals surface area contributed by atoms with E-state index in [1.165, 1.54) is 11.1 Å². The highest BCUT2D eigenvalue weighted by molar-refractivity contribution is 5.41. The summed E-state index contributed by atoms with van der Waals surface area (Å²) in [5.74, 6) is 0. The molecule has 0 unspecified atom stereocenters. The Morgan fingerprint density at radius 1 is 1.29 bits per heavy atom. The van der Waals surface area contributed by atoms with Gasteiger partial charge < -0.3 is 10.4 Å². The zero-order chi connectivity index (χ0) is 14.7. The Bertz CT molecular complexity index is 574. The summed E-state index contributed by atoms with van der Waals surface area (Å²) in [5, 5.41) is 17.3. The summed E-state index contributed by atoms with van der Waals surface area (Å²) < 4.78 is 1.79. The van der Waals surface area contributed by atoms with Gasteiger partial charge in [-0.1, -0.05) is 12.1 Å². The van der Waals surface area contributed by atoms with Gasteiger partial charge in [0.1, 0.15) is 12.7 Å². The van der Waals surface area contributed by atoms with E-state index in [2.05, 4.69) is 40.5 Å². The SMILES string of the molecule is Cc1cc(CNC2CCC(O)CC2)ccc1-n1cncn1. The maximum atomic E-state index is 9.53. The maximum absolute atomic E-state index is 9.53. The number of rotatable bonds is 4. The molecule has 0 aliphatic heterocycles. The molecule has 1 saturated carbocycles. The third-order valence-electron chi connectivity index (χ3n) is 4.22. The number of benzene rings is 1. The van der Waals surface area contributed by atoms with Gasteiger partial charge in [-0.3, -0.25) is 0 Å². The molecule has 5 nitrogen and oxygen atoms in total. The molecule has 0 atom stereocenters. The zero-order valence-electron chi connectivity index (χ0n) is 12.4. The predicted molar refractivity (Wildman–Crippen MR) is 81.2 cm³/mol. The van der Waals surface area contributed by atoms with E-state index in [1.807, 2.05) is 0 Å². The molecule has 2 N–H and O–H groups in total. The standard InChI is InChI=1S/C16H22N4O/c1-12-8-13(2-7-16(12)20-11-17-10-19-20)9-18-14-3-5-15(21)6-4-14/h2,7-8,10-11,14-15,18,21H,3-6,9H2,1H3. The van der Waals surface area contributed by atoms with Crippen LogP contribution < -0.4 is 5.32 Å². The fraction of sp³-hybridized carbons (Fsp3) is 0.500. The molecule has 1 heterocycles. The van der Waals surface area contributed by atoms with Crippen molar-refractivity contribution in [3.05, 3.63) is 42.0 Å². The van der Waals surface area contributed by atoms with Crippen molar-refractivity contribution in [1.82, 2.24) is 20.1 Å². The topological polar surface area (TPSA) is 63.0 Å². The highest BCUT2D eigenvalue weighted by Gasteiger charge is 2.18. The van der Waals surface area contributed by atoms with E-state index < -0.39 is 0 Å². The van der Waals surface area contributed by atoms with Crippen LogP contribution in [0, 0.1) is 6.92 Å². The summed E-state index contributed by atoms with van der Waals surface area (Å²) >= 11 is 0. The first kappa shape index (κ1) is 14.2. The van der Waals surface area contributed by atoms with Crippen LogP contribution >= 0.6 is 0 Å². The largest absolute Gasteiger partial charge is 0.393 e. The van der Waals surface area contributed by atoms with Gasteiger partial charge in [0.25, 0.3) is 0 Å². The number of aliphatic hydroxyl groups excluding tert-OH is 1. The molecular weight excluding hydrogens is 264 g/mol. The zero-order valence-corrected chi connectivity index (χ0v) is 12.4. The average Bonchev–Trinajstić information content (AvgIpc) is 3.01. The minimum Gasteiger partial charge on any atom is -0.393 e. The number of nitrogens with zero attached hydrogens (tertiary/aromatic N) is 3. The quantitative estimate of drug-likeness (QED) is 0.902. The Kier molecular flexibility index (Phi) is 4.31. The van der Waals surface area contributed by atoms with E-state index in [1.54, 1.807) is 17.3 Å². The lowest BCUT2D eigenvalue weighted by Crippen LogP contribution is -2.34. The van der Waals surface area contributed by atoms with E-state index in [0.717, 1.165) is 37.9 Å². The van der Waals surface area contributed by atoms with Crippen LogP contribution in [0.1, 0.15) is 36.8 Å². The second-order valence-corrected chi connectivity index (χ2v) is 5.85. The minimum absolute atomic E-state index is 0.0905. The lowest BCUT2D eigenvalue weighted by atomic mass is 9.93. The maximum Gasteiger partial charge on any atom is 0.138 e. The number of aromatic nitrogens is 3. The monoisotopic (exact) mass is 286 g/mol. The van der Waals surface area contributed by atoms with Crippen LogP contribution in [0.3, 0.4) is 0 Å². The Morgan fingerprint density at radius 2 is 2.10 bits per heavy atom. The van der Waals surface area contributed by atoms with Crippen molar-refractivity contribution in [2.24, 2.45) is 0 Å². The van der Waals surface area contributed by atoms with Crippen LogP contribution in [0.4, 0.5) is 0 Å². The average molecular weight is 286 g/mol. The van der Waals surface area contributed by atoms with Crippen molar-refractivity contribution in [3.63, 3.8) is 0 Å². The van der Waals surface area contributed by atoms with Gasteiger partial charge in [0, 0.05) is 12.6 Å². The van der Waals surface area contributed by atoms with Crippen molar-refractivity contribution in [2.75, 3.05) is 0 Å². The number of aliphatic hydroxyl groups is 1. The van der Waals surface area contributed by atoms with Gasteiger partial charge in [0.15, 0.2) is 0 Å². The molecule has 1 fully saturated rings. The summed E-state index contributed by atoms with van der Waals surface area (Å²) in [4.78, 5) is 3.98. The van der Waals surface area contributed by atoms with Crippen LogP contribution in [0.5, 0.6) is 0 Å². The number of hydrogen-bond acceptors (Lipinski definition) is 4. The molecule has 5 heteroatoms. The van der Waals surface area contributed by atoms with E-state index >= 15 is 0 Å². The fourth-order valence-electron chi connectivity index (χ4n) is 2.96. The first-order chi connectivity index (χ1) is 10.2. The molecule has 1 aromatic carbocycles. The third kappa shape index (κ3) is 3.49. The van der Waals surface area contributed by atoms with Gasteiger partial charge in [-0.2, -0.15) is 5.10 Å². The molecule has 1 aliphatic rings. The Morgan fingerprint density at radius 3 is 2.76 bits per heavy atom. The molecule has 0 radical (unpaired) electrons. The number of aryl methyl sites for hydroxylation is 1. The van der Waals surface area contributed by atoms with Crippen molar-refractivity contribution in [2.45, 2.75) is 51.3 Å².